The molecular weight excluding hydrogens is 1090 g/mol. The third-order valence-corrected chi connectivity index (χ3v) is 16.4. The van der Waals surface area contributed by atoms with E-state index in [2.05, 4.69) is 47.2 Å². The highest BCUT2D eigenvalue weighted by molar-refractivity contribution is 8.76. The monoisotopic (exact) mass is 1160 g/mol. The van der Waals surface area contributed by atoms with Gasteiger partial charge in [0.05, 0.1) is 6.04 Å². The van der Waals surface area contributed by atoms with Crippen molar-refractivity contribution >= 4 is 90.5 Å². The molecule has 4 unspecified atom stereocenters. The van der Waals surface area contributed by atoms with Gasteiger partial charge in [0.1, 0.15) is 48.1 Å². The molecule has 20 nitrogen and oxygen atoms in total. The van der Waals surface area contributed by atoms with Crippen LogP contribution in [0.4, 0.5) is 4.39 Å². The van der Waals surface area contributed by atoms with Gasteiger partial charge in [-0.05, 0) is 94.9 Å². The largest absolute Gasteiger partial charge is 0.368 e. The number of hydrogen-bond acceptors (Lipinski definition) is 13. The minimum atomic E-state index is -1.40. The Kier molecular flexibility index (Phi) is 22.0. The quantitative estimate of drug-likeness (QED) is 0.0463. The number of rotatable bonds is 17. The highest BCUT2D eigenvalue weighted by Gasteiger charge is 2.39. The van der Waals surface area contributed by atoms with E-state index in [1.165, 1.54) is 30.5 Å². The van der Waals surface area contributed by atoms with E-state index in [4.69, 9.17) is 17.2 Å². The van der Waals surface area contributed by atoms with Crippen LogP contribution in [0, 0.1) is 11.2 Å². The molecular formula is C59H71FN12O8S2. The van der Waals surface area contributed by atoms with Crippen LogP contribution in [0.15, 0.2) is 122 Å². The molecule has 6 aromatic rings. The van der Waals surface area contributed by atoms with Crippen molar-refractivity contribution in [3.05, 3.63) is 150 Å². The Bertz CT molecular complexity index is 3220. The molecule has 8 amide bonds. The van der Waals surface area contributed by atoms with Crippen LogP contribution < -0.4 is 54.4 Å². The molecule has 2 aromatic heterocycles. The van der Waals surface area contributed by atoms with Crippen LogP contribution in [-0.4, -0.2) is 124 Å². The number of amides is 8. The number of para-hydroxylation sites is 1. The molecule has 82 heavy (non-hydrogen) atoms. The van der Waals surface area contributed by atoms with Crippen molar-refractivity contribution < 1.29 is 42.7 Å². The number of aromatic amines is 1. The number of fused-ring (bicyclic) bond motifs is 2. The van der Waals surface area contributed by atoms with Crippen molar-refractivity contribution in [1.29, 1.82) is 0 Å². The number of nitrogens with zero attached hydrogens (tertiary/aromatic N) is 1. The molecule has 0 aliphatic carbocycles. The van der Waals surface area contributed by atoms with E-state index in [0.29, 0.717) is 35.1 Å². The van der Waals surface area contributed by atoms with Gasteiger partial charge in [-0.15, -0.1) is 0 Å². The smallest absolute Gasteiger partial charge is 0.244 e. The van der Waals surface area contributed by atoms with Crippen LogP contribution in [0.25, 0.3) is 21.7 Å². The average Bonchev–Trinajstić information content (AvgIpc) is 3.90. The first kappa shape index (κ1) is 61.8. The third-order valence-electron chi connectivity index (χ3n) is 14.0. The second-order valence-corrected chi connectivity index (χ2v) is 23.9. The standard InChI is InChI=1S/C59H71FN12O8S2/c1-59(2,3)50-58(80)71-49(56(78)67-45(51(63)73)27-35-17-20-37-12-4-5-13-38(37)25-35)33-82-81-32-48(70-52(74)42(62)26-34-18-21-40(60)22-19-34)57(79)68-46(28-36-11-10-24-64-30-36)54(76)69-47(29-39-31-65-43-15-7-6-14-41(39)43)55(77)66-44(53(75)72-50)16-8-9-23-61/h4-7,10-15,17-22,24-25,30-31,42,44-50,65H,8-9,16,23,26-29,32-33,61-62H2,1-3H3,(H2,63,73)(H,66,77)(H,67,78)(H,68,79)(H,69,76)(H,70,74)(H,71,80)(H,72,75)/t42-,44-,45-,46-,47?,48?,49?,50?/m0/s1. The molecule has 23 heteroatoms. The van der Waals surface area contributed by atoms with Gasteiger partial charge in [0, 0.05) is 60.3 Å². The number of unbranched alkanes of at least 4 members (excludes halogenated alkanes) is 1. The molecule has 1 aliphatic heterocycles. The molecule has 0 radical (unpaired) electrons. The summed E-state index contributed by atoms with van der Waals surface area (Å²) in [4.78, 5) is 123. The van der Waals surface area contributed by atoms with Crippen LogP contribution >= 0.6 is 21.6 Å². The van der Waals surface area contributed by atoms with Crippen molar-refractivity contribution in [3.8, 4) is 0 Å². The number of pyridine rings is 1. The molecule has 1 aliphatic rings. The number of nitrogens with two attached hydrogens (primary N) is 3. The van der Waals surface area contributed by atoms with Crippen LogP contribution in [0.3, 0.4) is 0 Å². The average molecular weight is 1160 g/mol. The zero-order valence-electron chi connectivity index (χ0n) is 45.9. The summed E-state index contributed by atoms with van der Waals surface area (Å²) in [6.07, 6.45) is 5.48. The van der Waals surface area contributed by atoms with E-state index in [-0.39, 0.29) is 50.2 Å². The summed E-state index contributed by atoms with van der Waals surface area (Å²) < 4.78 is 13.8. The number of aromatic nitrogens is 2. The van der Waals surface area contributed by atoms with E-state index >= 15 is 0 Å². The molecule has 8 atom stereocenters. The van der Waals surface area contributed by atoms with Gasteiger partial charge in [0.2, 0.25) is 47.3 Å². The van der Waals surface area contributed by atoms with Crippen molar-refractivity contribution in [2.24, 2.45) is 22.6 Å². The first-order chi connectivity index (χ1) is 39.3. The predicted molar refractivity (Wildman–Crippen MR) is 316 cm³/mol. The van der Waals surface area contributed by atoms with E-state index in [9.17, 15) is 42.7 Å². The summed E-state index contributed by atoms with van der Waals surface area (Å²) >= 11 is 0. The topological polar surface area (TPSA) is 328 Å². The van der Waals surface area contributed by atoms with E-state index in [1.54, 1.807) is 45.3 Å². The fourth-order valence-corrected chi connectivity index (χ4v) is 11.7. The lowest BCUT2D eigenvalue weighted by atomic mass is 9.85. The Morgan fingerprint density at radius 3 is 2.07 bits per heavy atom. The minimum absolute atomic E-state index is 0.00856. The molecule has 1 fully saturated rings. The summed E-state index contributed by atoms with van der Waals surface area (Å²) in [5, 5.41) is 22.2. The number of carbonyl (C=O) groups excluding carboxylic acids is 8. The maximum Gasteiger partial charge on any atom is 0.244 e. The lowest BCUT2D eigenvalue weighted by Gasteiger charge is -2.33. The fraction of sp³-hybridized carbons (Fsp3) is 0.373. The van der Waals surface area contributed by atoms with Crippen LogP contribution in [0.5, 0.6) is 0 Å². The molecule has 0 bridgehead atoms. The number of benzene rings is 4. The molecule has 0 saturated carbocycles. The summed E-state index contributed by atoms with van der Waals surface area (Å²) in [5.41, 5.74) is 20.4. The predicted octanol–water partition coefficient (Wildman–Crippen LogP) is 2.90. The van der Waals surface area contributed by atoms with Crippen molar-refractivity contribution in [2.75, 3.05) is 18.1 Å². The SMILES string of the molecule is CC(C)(C)C1NC(=O)[C@H](CCCCN)NC(=O)C(Cc2c[nH]c3ccccc23)NC(=O)[C@H](Cc2cccnc2)NC(=O)C(NC(=O)[C@@H](N)Cc2ccc(F)cc2)CSSCC(C(=O)N[C@@H](Cc2ccc3ccccc3c2)C(N)=O)NC1=O. The molecule has 1 saturated heterocycles. The molecule has 4 aromatic carbocycles. The second kappa shape index (κ2) is 29.2. The van der Waals surface area contributed by atoms with Gasteiger partial charge in [0.15, 0.2) is 0 Å². The van der Waals surface area contributed by atoms with Gasteiger partial charge in [-0.1, -0.05) is 121 Å². The Morgan fingerprint density at radius 2 is 1.37 bits per heavy atom. The van der Waals surface area contributed by atoms with Gasteiger partial charge in [0.25, 0.3) is 0 Å². The highest BCUT2D eigenvalue weighted by atomic mass is 33.1. The normalized spacial score (nSPS) is 20.7. The van der Waals surface area contributed by atoms with Gasteiger partial charge in [-0.2, -0.15) is 0 Å². The fourth-order valence-electron chi connectivity index (χ4n) is 9.39. The lowest BCUT2D eigenvalue weighted by Crippen LogP contribution is -2.63. The maximum absolute atomic E-state index is 14.9. The minimum Gasteiger partial charge on any atom is -0.368 e. The van der Waals surface area contributed by atoms with Crippen molar-refractivity contribution in [3.63, 3.8) is 0 Å². The Labute approximate surface area is 482 Å². The Balaban J connectivity index is 1.26. The molecule has 3 heterocycles. The summed E-state index contributed by atoms with van der Waals surface area (Å²) in [5.74, 6) is -7.13. The number of halogens is 1. The first-order valence-corrected chi connectivity index (χ1v) is 29.5. The first-order valence-electron chi connectivity index (χ1n) is 27.0. The van der Waals surface area contributed by atoms with Crippen LogP contribution in [0.2, 0.25) is 0 Å². The van der Waals surface area contributed by atoms with E-state index < -0.39 is 107 Å². The van der Waals surface area contributed by atoms with Crippen molar-refractivity contribution in [2.45, 2.75) is 114 Å². The van der Waals surface area contributed by atoms with Crippen molar-refractivity contribution in [1.82, 2.24) is 47.2 Å². The molecule has 7 rings (SSSR count). The van der Waals surface area contributed by atoms with Gasteiger partial charge < -0.3 is 59.4 Å². The van der Waals surface area contributed by atoms with Gasteiger partial charge >= 0.3 is 0 Å². The molecule has 0 spiro atoms. The number of hydrogen-bond donors (Lipinski definition) is 11. The lowest BCUT2D eigenvalue weighted by molar-refractivity contribution is -0.136. The van der Waals surface area contributed by atoms with Crippen LogP contribution in [0.1, 0.15) is 62.3 Å². The van der Waals surface area contributed by atoms with E-state index in [0.717, 1.165) is 43.3 Å². The number of H-pyrrole nitrogens is 1. The molecule has 14 N–H and O–H groups in total. The summed E-state index contributed by atoms with van der Waals surface area (Å²) in [7, 11) is 2.09. The second-order valence-electron chi connectivity index (χ2n) is 21.4. The number of primary amides is 1. The molecule has 434 valence electrons. The highest BCUT2D eigenvalue weighted by Crippen LogP contribution is 2.26. The number of carbonyl (C=O) groups is 8. The van der Waals surface area contributed by atoms with E-state index in [1.807, 2.05) is 66.7 Å². The zero-order chi connectivity index (χ0) is 58.9. The Morgan fingerprint density at radius 1 is 0.707 bits per heavy atom. The zero-order valence-corrected chi connectivity index (χ0v) is 47.5. The number of nitrogens with one attached hydrogen (secondary N) is 8. The summed E-state index contributed by atoms with van der Waals surface area (Å²) in [6.45, 7) is 5.42. The third kappa shape index (κ3) is 17.6. The maximum atomic E-state index is 14.9. The van der Waals surface area contributed by atoms with Gasteiger partial charge in [-0.25, -0.2) is 4.39 Å². The Hall–Kier alpha value is -7.86. The van der Waals surface area contributed by atoms with Gasteiger partial charge in [-0.3, -0.25) is 43.3 Å². The van der Waals surface area contributed by atoms with Crippen LogP contribution in [-0.2, 0) is 64.0 Å². The summed E-state index contributed by atoms with van der Waals surface area (Å²) in [6, 6.07) is 18.8.